The molecule has 2 aromatic carbocycles. The fraction of sp³-hybridized carbons (Fsp3) is 0.304. The second-order valence-corrected chi connectivity index (χ2v) is 7.95. The molecule has 1 aliphatic carbocycles. The van der Waals surface area contributed by atoms with Gasteiger partial charge in [-0.25, -0.2) is 9.97 Å². The molecule has 158 valence electrons. The normalized spacial score (nSPS) is 18.5. The third-order valence-electron chi connectivity index (χ3n) is 5.71. The first-order valence-electron chi connectivity index (χ1n) is 10.3. The molecule has 0 saturated heterocycles. The standard InChI is InChI=1S/C23H22N4O4/c1-12-24-18-10-14(6-8-20(18)30-12)26-22(28)16-4-3-5-17(16)23(29)27-15-7-9-21-19(11-15)25-13(2)31-21/h6-11,16-17H,3-5H2,1-2H3,(H,26,28)(H,27,29)/t16-,17-/m1/s1. The highest BCUT2D eigenvalue weighted by atomic mass is 16.3. The number of carbonyl (C=O) groups excluding carboxylic acids is 2. The van der Waals surface area contributed by atoms with Crippen molar-refractivity contribution in [3.05, 3.63) is 48.2 Å². The summed E-state index contributed by atoms with van der Waals surface area (Å²) in [5, 5.41) is 5.88. The van der Waals surface area contributed by atoms with E-state index >= 15 is 0 Å². The smallest absolute Gasteiger partial charge is 0.228 e. The lowest BCUT2D eigenvalue weighted by molar-refractivity contribution is -0.128. The van der Waals surface area contributed by atoms with Crippen LogP contribution in [0.25, 0.3) is 22.2 Å². The molecule has 2 N–H and O–H groups in total. The van der Waals surface area contributed by atoms with E-state index in [0.29, 0.717) is 58.2 Å². The summed E-state index contributed by atoms with van der Waals surface area (Å²) in [6.45, 7) is 3.56. The van der Waals surface area contributed by atoms with Gasteiger partial charge in [0.05, 0.1) is 0 Å². The topological polar surface area (TPSA) is 110 Å². The van der Waals surface area contributed by atoms with Crippen molar-refractivity contribution in [3.8, 4) is 0 Å². The van der Waals surface area contributed by atoms with Crippen molar-refractivity contribution in [2.75, 3.05) is 10.6 Å². The molecule has 0 aliphatic heterocycles. The van der Waals surface area contributed by atoms with Crippen LogP contribution in [0.4, 0.5) is 11.4 Å². The molecule has 4 aromatic rings. The van der Waals surface area contributed by atoms with Crippen molar-refractivity contribution in [2.24, 2.45) is 11.8 Å². The van der Waals surface area contributed by atoms with E-state index in [1.165, 1.54) is 0 Å². The van der Waals surface area contributed by atoms with Crippen LogP contribution in [0, 0.1) is 25.7 Å². The van der Waals surface area contributed by atoms with Gasteiger partial charge in [0.1, 0.15) is 11.0 Å². The number of anilines is 2. The van der Waals surface area contributed by atoms with Crippen LogP contribution in [0.2, 0.25) is 0 Å². The van der Waals surface area contributed by atoms with E-state index in [-0.39, 0.29) is 23.7 Å². The number of amides is 2. The average molecular weight is 418 g/mol. The zero-order valence-electron chi connectivity index (χ0n) is 17.3. The Morgan fingerprint density at radius 2 is 1.26 bits per heavy atom. The van der Waals surface area contributed by atoms with E-state index in [1.54, 1.807) is 50.2 Å². The van der Waals surface area contributed by atoms with E-state index in [1.807, 2.05) is 0 Å². The summed E-state index contributed by atoms with van der Waals surface area (Å²) in [5.74, 6) is 0.0788. The van der Waals surface area contributed by atoms with Crippen molar-refractivity contribution >= 4 is 45.4 Å². The fourth-order valence-corrected chi connectivity index (χ4v) is 4.30. The number of fused-ring (bicyclic) bond motifs is 2. The Morgan fingerprint density at radius 1 is 0.806 bits per heavy atom. The first kappa shape index (κ1) is 19.3. The van der Waals surface area contributed by atoms with Crippen molar-refractivity contribution in [1.82, 2.24) is 9.97 Å². The molecule has 1 aliphatic rings. The highest BCUT2D eigenvalue weighted by molar-refractivity contribution is 6.01. The number of nitrogens with one attached hydrogen (secondary N) is 2. The van der Waals surface area contributed by atoms with Gasteiger partial charge in [-0.15, -0.1) is 0 Å². The Bertz CT molecular complexity index is 1210. The van der Waals surface area contributed by atoms with Crippen LogP contribution < -0.4 is 10.6 Å². The van der Waals surface area contributed by atoms with Crippen LogP contribution in [0.5, 0.6) is 0 Å². The Hall–Kier alpha value is -3.68. The molecule has 31 heavy (non-hydrogen) atoms. The summed E-state index contributed by atoms with van der Waals surface area (Å²) in [4.78, 5) is 34.5. The molecule has 5 rings (SSSR count). The number of carbonyl (C=O) groups is 2. The van der Waals surface area contributed by atoms with Gasteiger partial charge in [-0.05, 0) is 49.2 Å². The molecule has 2 aromatic heterocycles. The van der Waals surface area contributed by atoms with Crippen molar-refractivity contribution in [3.63, 3.8) is 0 Å². The summed E-state index contributed by atoms with van der Waals surface area (Å²) in [5.41, 5.74) is 4.01. The molecule has 0 spiro atoms. The maximum atomic E-state index is 12.9. The van der Waals surface area contributed by atoms with Gasteiger partial charge in [0.2, 0.25) is 11.8 Å². The number of rotatable bonds is 4. The zero-order valence-corrected chi connectivity index (χ0v) is 17.3. The Labute approximate surface area is 178 Å². The predicted octanol–water partition coefficient (Wildman–Crippen LogP) is 4.58. The van der Waals surface area contributed by atoms with Crippen LogP contribution in [-0.4, -0.2) is 21.8 Å². The number of nitrogens with zero attached hydrogens (tertiary/aromatic N) is 2. The lowest BCUT2D eigenvalue weighted by Crippen LogP contribution is -2.33. The molecular formula is C23H22N4O4. The van der Waals surface area contributed by atoms with Crippen LogP contribution in [0.1, 0.15) is 31.0 Å². The number of oxazole rings is 2. The minimum atomic E-state index is -0.382. The van der Waals surface area contributed by atoms with E-state index in [4.69, 9.17) is 8.83 Å². The molecule has 8 heteroatoms. The van der Waals surface area contributed by atoms with E-state index in [9.17, 15) is 9.59 Å². The molecule has 8 nitrogen and oxygen atoms in total. The average Bonchev–Trinajstić information content (AvgIpc) is 3.43. The van der Waals surface area contributed by atoms with Crippen LogP contribution >= 0.6 is 0 Å². The highest BCUT2D eigenvalue weighted by Crippen LogP contribution is 2.34. The lowest BCUT2D eigenvalue weighted by Gasteiger charge is -2.19. The van der Waals surface area contributed by atoms with Gasteiger partial charge in [0.25, 0.3) is 0 Å². The largest absolute Gasteiger partial charge is 0.441 e. The van der Waals surface area contributed by atoms with Gasteiger partial charge in [0.15, 0.2) is 22.9 Å². The zero-order chi connectivity index (χ0) is 21.5. The molecule has 0 radical (unpaired) electrons. The highest BCUT2D eigenvalue weighted by Gasteiger charge is 2.37. The van der Waals surface area contributed by atoms with Gasteiger partial charge >= 0.3 is 0 Å². The first-order valence-corrected chi connectivity index (χ1v) is 10.3. The molecule has 0 bridgehead atoms. The lowest BCUT2D eigenvalue weighted by atomic mass is 9.94. The molecule has 1 saturated carbocycles. The number of hydrogen-bond acceptors (Lipinski definition) is 6. The summed E-state index contributed by atoms with van der Waals surface area (Å²) >= 11 is 0. The number of aromatic nitrogens is 2. The summed E-state index contributed by atoms with van der Waals surface area (Å²) < 4.78 is 10.9. The monoisotopic (exact) mass is 418 g/mol. The minimum Gasteiger partial charge on any atom is -0.441 e. The maximum absolute atomic E-state index is 12.9. The van der Waals surface area contributed by atoms with Crippen molar-refractivity contribution < 1.29 is 18.4 Å². The van der Waals surface area contributed by atoms with Gasteiger partial charge in [-0.3, -0.25) is 9.59 Å². The van der Waals surface area contributed by atoms with Crippen molar-refractivity contribution in [1.29, 1.82) is 0 Å². The molecule has 2 atom stereocenters. The van der Waals surface area contributed by atoms with Crippen molar-refractivity contribution in [2.45, 2.75) is 33.1 Å². The van der Waals surface area contributed by atoms with Gasteiger partial charge in [-0.1, -0.05) is 6.42 Å². The number of aryl methyl sites for hydroxylation is 2. The fourth-order valence-electron chi connectivity index (χ4n) is 4.30. The quantitative estimate of drug-likeness (QED) is 0.502. The van der Waals surface area contributed by atoms with Gasteiger partial charge in [-0.2, -0.15) is 0 Å². The summed E-state index contributed by atoms with van der Waals surface area (Å²) in [7, 11) is 0. The summed E-state index contributed by atoms with van der Waals surface area (Å²) in [6.07, 6.45) is 2.19. The van der Waals surface area contributed by atoms with E-state index < -0.39 is 0 Å². The van der Waals surface area contributed by atoms with E-state index in [2.05, 4.69) is 20.6 Å². The molecule has 2 amide bonds. The van der Waals surface area contributed by atoms with Gasteiger partial charge in [0, 0.05) is 37.1 Å². The maximum Gasteiger partial charge on any atom is 0.228 e. The molecular weight excluding hydrogens is 396 g/mol. The third-order valence-corrected chi connectivity index (χ3v) is 5.71. The summed E-state index contributed by atoms with van der Waals surface area (Å²) in [6, 6.07) is 10.7. The predicted molar refractivity (Wildman–Crippen MR) is 116 cm³/mol. The number of benzene rings is 2. The third kappa shape index (κ3) is 3.76. The van der Waals surface area contributed by atoms with Crippen LogP contribution in [0.3, 0.4) is 0 Å². The Kier molecular flexibility index (Phi) is 4.69. The van der Waals surface area contributed by atoms with Crippen LogP contribution in [0.15, 0.2) is 45.2 Å². The molecule has 0 unspecified atom stereocenters. The molecule has 2 heterocycles. The first-order chi connectivity index (χ1) is 15.0. The van der Waals surface area contributed by atoms with Gasteiger partial charge < -0.3 is 19.5 Å². The number of hydrogen-bond donors (Lipinski definition) is 2. The minimum absolute atomic E-state index is 0.153. The molecule has 1 fully saturated rings. The Balaban J connectivity index is 1.29. The van der Waals surface area contributed by atoms with Crippen LogP contribution in [-0.2, 0) is 9.59 Å². The second-order valence-electron chi connectivity index (χ2n) is 7.95. The van der Waals surface area contributed by atoms with E-state index in [0.717, 1.165) is 6.42 Å². The SMILES string of the molecule is Cc1nc2cc(NC(=O)[C@@H]3CCC[C@H]3C(=O)Nc3ccc4oc(C)nc4c3)ccc2o1. The Morgan fingerprint density at radius 3 is 1.71 bits per heavy atom. The second kappa shape index (κ2) is 7.54.